The molecule has 234 valence electrons. The predicted molar refractivity (Wildman–Crippen MR) is 158 cm³/mol. The van der Waals surface area contributed by atoms with Gasteiger partial charge in [-0.1, -0.05) is 0 Å². The molecule has 0 radical (unpaired) electrons. The van der Waals surface area contributed by atoms with Gasteiger partial charge >= 0.3 is 217 Å². The van der Waals surface area contributed by atoms with Crippen molar-refractivity contribution in [1.82, 2.24) is 0 Å². The molecule has 1 aliphatic heterocycles. The van der Waals surface area contributed by atoms with Gasteiger partial charge in [0.05, 0.1) is 0 Å². The van der Waals surface area contributed by atoms with E-state index in [0.717, 1.165) is 7.14 Å². The van der Waals surface area contributed by atoms with Gasteiger partial charge in [0.1, 0.15) is 0 Å². The molecule has 1 fully saturated rings. The van der Waals surface area contributed by atoms with Crippen LogP contribution in [-0.4, -0.2) is 53.3 Å². The summed E-state index contributed by atoms with van der Waals surface area (Å²) in [6.07, 6.45) is 0.703. The number of benzene rings is 2. The Bertz CT molecular complexity index is 1420. The first-order chi connectivity index (χ1) is 18.5. The van der Waals surface area contributed by atoms with Crippen molar-refractivity contribution in [3.63, 3.8) is 0 Å². The molecule has 1 saturated heterocycles. The van der Waals surface area contributed by atoms with E-state index in [1.54, 1.807) is 0 Å². The van der Waals surface area contributed by atoms with Crippen LogP contribution in [0.25, 0.3) is 0 Å². The van der Waals surface area contributed by atoms with Crippen molar-refractivity contribution in [2.75, 3.05) is 12.8 Å². The molecule has 0 amide bonds. The second-order valence-electron chi connectivity index (χ2n) is 9.23. The molecule has 0 aliphatic carbocycles. The van der Waals surface area contributed by atoms with Crippen molar-refractivity contribution in [2.24, 2.45) is 0 Å². The minimum Gasteiger partial charge on any atom is -0.741 e. The molecule has 0 spiro atoms. The van der Waals surface area contributed by atoms with Crippen LogP contribution >= 0.6 is 40.9 Å². The Balaban J connectivity index is 0.000000642. The molecule has 2 aromatic carbocycles. The summed E-state index contributed by atoms with van der Waals surface area (Å²) >= 11 is -5.14. The second-order valence-corrected chi connectivity index (χ2v) is 27.8. The largest absolute Gasteiger partial charge is 0.741 e. The minimum atomic E-state index is -6.09. The Hall–Kier alpha value is -0.983. The zero-order valence-electron chi connectivity index (χ0n) is 21.8. The molecule has 0 aromatic heterocycles. The van der Waals surface area contributed by atoms with Crippen molar-refractivity contribution in [3.8, 4) is 0 Å². The predicted octanol–water partition coefficient (Wildman–Crippen LogP) is 7.09. The Morgan fingerprint density at radius 3 is 1.73 bits per heavy atom. The zero-order chi connectivity index (χ0) is 31.4. The maximum absolute atomic E-state index is 13.0. The molecule has 0 unspecified atom stereocenters. The molecule has 8 nitrogen and oxygen atoms in total. The third kappa shape index (κ3) is 10.6. The maximum Gasteiger partial charge on any atom is 0.485 e. The van der Waals surface area contributed by atoms with E-state index in [0.29, 0.717) is 9.81 Å². The summed E-state index contributed by atoms with van der Waals surface area (Å²) in [6.45, 7) is 8.14. The molecular weight excluding hydrogens is 852 g/mol. The first-order valence-corrected chi connectivity index (χ1v) is 23.5. The third-order valence-electron chi connectivity index (χ3n) is 4.42. The molecule has 41 heavy (non-hydrogen) atoms. The molecular formula is C22H26F6I2O8S2Si. The van der Waals surface area contributed by atoms with E-state index in [-0.39, 0.29) is 12.4 Å². The molecule has 1 aliphatic rings. The molecule has 0 N–H and O–H groups in total. The third-order valence-corrected chi connectivity index (χ3v) is 20.3. The first kappa shape index (κ1) is 36.2. The van der Waals surface area contributed by atoms with Gasteiger partial charge in [0, 0.05) is 0 Å². The first-order valence-electron chi connectivity index (χ1n) is 11.1. The summed E-state index contributed by atoms with van der Waals surface area (Å²) in [6, 6.07) is 19.2. The average Bonchev–Trinajstić information content (AvgIpc) is 2.82. The van der Waals surface area contributed by atoms with Crippen LogP contribution < -0.4 is 0 Å². The number of allylic oxidation sites excluding steroid dienone is 1. The van der Waals surface area contributed by atoms with E-state index in [9.17, 15) is 34.8 Å². The molecule has 19 heteroatoms. The fraction of sp³-hybridized carbons (Fsp3) is 0.364. The van der Waals surface area contributed by atoms with E-state index in [4.69, 9.17) is 14.4 Å². The summed E-state index contributed by atoms with van der Waals surface area (Å²) in [7, 11) is -13.5. The smallest absolute Gasteiger partial charge is 0.485 e. The van der Waals surface area contributed by atoms with E-state index in [1.165, 1.54) is 6.92 Å². The van der Waals surface area contributed by atoms with Crippen molar-refractivity contribution < 1.29 is 56.0 Å². The van der Waals surface area contributed by atoms with Crippen LogP contribution in [0, 0.1) is 7.14 Å². The van der Waals surface area contributed by atoms with Crippen molar-refractivity contribution in [1.29, 1.82) is 0 Å². The van der Waals surface area contributed by atoms with E-state index in [1.807, 2.05) is 60.7 Å². The molecule has 2 aromatic rings. The Morgan fingerprint density at radius 2 is 1.34 bits per heavy atom. The van der Waals surface area contributed by atoms with Crippen LogP contribution in [-0.2, 0) is 28.5 Å². The van der Waals surface area contributed by atoms with Crippen LogP contribution in [0.4, 0.5) is 26.3 Å². The van der Waals surface area contributed by atoms with E-state index >= 15 is 0 Å². The standard InChI is InChI=1S/C21H26F3I2O5SSi.CHF3O3S/c1-17(29-32(27,28)21(22,23)24)20-15-31(16-33(2,3)4)26(19-13-9-6-10-14-19)30-25(20)18-11-7-5-8-12-18;2-1(3,4)8(5,6)7/h5-14H,15-16H2,1-4H3;(H,5,6,7)/q+1;/p-1/b20-17+;. The number of halogens is 8. The van der Waals surface area contributed by atoms with Crippen molar-refractivity contribution in [3.05, 3.63) is 77.1 Å². The monoisotopic (exact) mass is 878 g/mol. The number of hydrogen-bond acceptors (Lipinski definition) is 7. The number of rotatable bonds is 6. The Kier molecular flexibility index (Phi) is 12.2. The van der Waals surface area contributed by atoms with Crippen LogP contribution in [0.2, 0.25) is 19.6 Å². The summed E-state index contributed by atoms with van der Waals surface area (Å²) in [5.41, 5.74) is -11.1. The normalized spacial score (nSPS) is 18.8. The van der Waals surface area contributed by atoms with Gasteiger partial charge in [-0.25, -0.2) is 8.42 Å². The second kappa shape index (κ2) is 13.8. The fourth-order valence-electron chi connectivity index (χ4n) is 2.78. The zero-order valence-corrected chi connectivity index (χ0v) is 28.7. The van der Waals surface area contributed by atoms with Crippen LogP contribution in [0.5, 0.6) is 0 Å². The summed E-state index contributed by atoms with van der Waals surface area (Å²) in [5, 5.41) is 0. The fourth-order valence-corrected chi connectivity index (χ4v) is 22.8. The van der Waals surface area contributed by atoms with Gasteiger partial charge in [-0.15, -0.1) is 0 Å². The van der Waals surface area contributed by atoms with Gasteiger partial charge in [0.15, 0.2) is 10.1 Å². The van der Waals surface area contributed by atoms with Gasteiger partial charge in [-0.3, -0.25) is 0 Å². The van der Waals surface area contributed by atoms with Gasteiger partial charge in [0.2, 0.25) is 0 Å². The van der Waals surface area contributed by atoms with E-state index in [2.05, 4.69) is 26.5 Å². The van der Waals surface area contributed by atoms with Gasteiger partial charge in [-0.2, -0.15) is 13.2 Å². The maximum atomic E-state index is 13.0. The summed E-state index contributed by atoms with van der Waals surface area (Å²) in [5.74, 6) is -0.252. The Morgan fingerprint density at radius 1 is 0.902 bits per heavy atom. The molecule has 0 bridgehead atoms. The summed E-state index contributed by atoms with van der Waals surface area (Å²) < 4.78 is 138. The van der Waals surface area contributed by atoms with Gasteiger partial charge in [0.25, 0.3) is 0 Å². The van der Waals surface area contributed by atoms with Gasteiger partial charge in [-0.05, 0) is 0 Å². The summed E-state index contributed by atoms with van der Waals surface area (Å²) in [4.78, 5) is 0. The van der Waals surface area contributed by atoms with Crippen molar-refractivity contribution >= 4 is 69.2 Å². The Labute approximate surface area is 251 Å². The van der Waals surface area contributed by atoms with Crippen LogP contribution in [0.3, 0.4) is 0 Å². The minimum absolute atomic E-state index is 0.252. The quantitative estimate of drug-likeness (QED) is 0.0446. The number of alkyl halides is 6. The van der Waals surface area contributed by atoms with E-state index < -0.39 is 80.2 Å². The number of hydrogen-bond donors (Lipinski definition) is 0. The van der Waals surface area contributed by atoms with Gasteiger partial charge < -0.3 is 4.55 Å². The molecule has 1 heterocycles. The molecule has 0 saturated carbocycles. The van der Waals surface area contributed by atoms with Crippen molar-refractivity contribution in [2.45, 2.75) is 37.6 Å². The van der Waals surface area contributed by atoms with Crippen LogP contribution in [0.1, 0.15) is 6.92 Å². The average molecular weight is 878 g/mol. The molecule has 0 atom stereocenters. The van der Waals surface area contributed by atoms with Crippen LogP contribution in [0.15, 0.2) is 70.0 Å². The molecule has 3 rings (SSSR count). The SMILES string of the molecule is C/C(OS(=O)(=O)C(F)(F)F)=C1/C[O+](C[Si](C)(C)C)I(c2ccccc2)OI1c1ccccc1.O=S(=O)([O-])C(F)(F)F. The topological polar surface area (TPSA) is 112 Å².